The van der Waals surface area contributed by atoms with E-state index < -0.39 is 6.04 Å². The van der Waals surface area contributed by atoms with Crippen molar-refractivity contribution in [1.29, 1.82) is 0 Å². The summed E-state index contributed by atoms with van der Waals surface area (Å²) in [6.07, 6.45) is 1.71. The summed E-state index contributed by atoms with van der Waals surface area (Å²) < 4.78 is 15.2. The third kappa shape index (κ3) is 4.52. The summed E-state index contributed by atoms with van der Waals surface area (Å²) in [5, 5.41) is 8.88. The van der Waals surface area contributed by atoms with Crippen molar-refractivity contribution in [2.24, 2.45) is 0 Å². The number of nitrogens with one attached hydrogen (secondary N) is 1. The molecule has 1 aromatic heterocycles. The van der Waals surface area contributed by atoms with Crippen molar-refractivity contribution in [1.82, 2.24) is 14.7 Å². The molecule has 6 rings (SSSR count). The molecule has 2 aliphatic heterocycles. The molecule has 0 aliphatic carbocycles. The molecule has 3 aromatic carbocycles. The second kappa shape index (κ2) is 10.2. The predicted molar refractivity (Wildman–Crippen MR) is 149 cm³/mol. The van der Waals surface area contributed by atoms with Crippen molar-refractivity contribution in [3.63, 3.8) is 0 Å². The monoisotopic (exact) mass is 547 g/mol. The van der Waals surface area contributed by atoms with E-state index in [0.717, 1.165) is 28.3 Å². The molecule has 1 N–H and O–H groups in total. The Morgan fingerprint density at radius 3 is 2.34 bits per heavy atom. The highest BCUT2D eigenvalue weighted by atomic mass is 35.5. The van der Waals surface area contributed by atoms with Gasteiger partial charge in [-0.2, -0.15) is 5.10 Å². The Hall–Kier alpha value is -3.81. The summed E-state index contributed by atoms with van der Waals surface area (Å²) in [6, 6.07) is 23.1. The zero-order chi connectivity index (χ0) is 26.2. The quantitative estimate of drug-likeness (QED) is 0.335. The Balaban J connectivity index is 1.40. The summed E-state index contributed by atoms with van der Waals surface area (Å²) in [6.45, 7) is 2.34. The Kier molecular flexibility index (Phi) is 6.55. The van der Waals surface area contributed by atoms with Gasteiger partial charge in [-0.05, 0) is 47.5 Å². The maximum absolute atomic E-state index is 14.4. The molecule has 1 saturated heterocycles. The number of fused-ring (bicyclic) bond motifs is 1. The number of benzene rings is 3. The SMILES string of the molecule is O=C(C1=C(c2ccccc2)Nc2ccnn2C1c1ccc(Cl)c(Cl)c1)N1CCN(c2ccc(F)cc2)CC1. The van der Waals surface area contributed by atoms with E-state index in [1.54, 1.807) is 30.5 Å². The number of anilines is 2. The van der Waals surface area contributed by atoms with Crippen molar-refractivity contribution < 1.29 is 9.18 Å². The predicted octanol–water partition coefficient (Wildman–Crippen LogP) is 6.10. The lowest BCUT2D eigenvalue weighted by atomic mass is 9.91. The van der Waals surface area contributed by atoms with Gasteiger partial charge in [0, 0.05) is 37.9 Å². The van der Waals surface area contributed by atoms with Crippen LogP contribution in [0.4, 0.5) is 15.9 Å². The van der Waals surface area contributed by atoms with E-state index in [0.29, 0.717) is 41.8 Å². The maximum atomic E-state index is 14.4. The molecule has 6 nitrogen and oxygen atoms in total. The van der Waals surface area contributed by atoms with Gasteiger partial charge >= 0.3 is 0 Å². The molecule has 0 bridgehead atoms. The van der Waals surface area contributed by atoms with E-state index >= 15 is 0 Å². The number of carbonyl (C=O) groups is 1. The van der Waals surface area contributed by atoms with Crippen LogP contribution in [0.3, 0.4) is 0 Å². The molecule has 0 radical (unpaired) electrons. The summed E-state index contributed by atoms with van der Waals surface area (Å²) in [7, 11) is 0. The first-order valence-corrected chi connectivity index (χ1v) is 13.1. The summed E-state index contributed by atoms with van der Waals surface area (Å²) in [4.78, 5) is 18.4. The molecule has 2 aliphatic rings. The summed E-state index contributed by atoms with van der Waals surface area (Å²) in [5.74, 6) is 0.434. The fourth-order valence-electron chi connectivity index (χ4n) is 5.11. The highest BCUT2D eigenvalue weighted by Gasteiger charge is 2.37. The molecule has 4 aromatic rings. The first-order valence-electron chi connectivity index (χ1n) is 12.3. The van der Waals surface area contributed by atoms with E-state index in [4.69, 9.17) is 23.2 Å². The lowest BCUT2D eigenvalue weighted by Crippen LogP contribution is -2.50. The van der Waals surface area contributed by atoms with Gasteiger partial charge in [0.1, 0.15) is 17.7 Å². The van der Waals surface area contributed by atoms with Crippen LogP contribution in [0.5, 0.6) is 0 Å². The lowest BCUT2D eigenvalue weighted by molar-refractivity contribution is -0.127. The Morgan fingerprint density at radius 1 is 0.895 bits per heavy atom. The van der Waals surface area contributed by atoms with Crippen LogP contribution >= 0.6 is 23.2 Å². The van der Waals surface area contributed by atoms with Gasteiger partial charge in [0.15, 0.2) is 0 Å². The highest BCUT2D eigenvalue weighted by molar-refractivity contribution is 6.42. The van der Waals surface area contributed by atoms with E-state index in [1.807, 2.05) is 52.0 Å². The van der Waals surface area contributed by atoms with E-state index in [9.17, 15) is 9.18 Å². The smallest absolute Gasteiger partial charge is 0.254 e. The summed E-state index contributed by atoms with van der Waals surface area (Å²) in [5.41, 5.74) is 3.98. The Bertz CT molecular complexity index is 1510. The standard InChI is InChI=1S/C29H24Cl2FN5O/c30-23-11-6-20(18-24(23)31)28-26(27(19-4-2-1-3-5-19)34-25-12-13-33-37(25)28)29(38)36-16-14-35(15-17-36)22-9-7-21(32)8-10-22/h1-13,18,28,34H,14-17H2. The zero-order valence-electron chi connectivity index (χ0n) is 20.3. The van der Waals surface area contributed by atoms with Crippen LogP contribution in [-0.2, 0) is 4.79 Å². The van der Waals surface area contributed by atoms with Crippen LogP contribution in [0.1, 0.15) is 17.2 Å². The molecule has 3 heterocycles. The number of halogens is 3. The van der Waals surface area contributed by atoms with Gasteiger partial charge in [-0.25, -0.2) is 9.07 Å². The van der Waals surface area contributed by atoms with Crippen LogP contribution in [-0.4, -0.2) is 46.8 Å². The molecule has 192 valence electrons. The minimum atomic E-state index is -0.506. The fraction of sp³-hybridized carbons (Fsp3) is 0.172. The van der Waals surface area contributed by atoms with Crippen LogP contribution in [0.25, 0.3) is 5.70 Å². The van der Waals surface area contributed by atoms with Crippen molar-refractivity contribution in [3.8, 4) is 0 Å². The normalized spacial score (nSPS) is 17.3. The third-order valence-corrected chi connectivity index (χ3v) is 7.76. The largest absolute Gasteiger partial charge is 0.368 e. The molecule has 1 amide bonds. The highest BCUT2D eigenvalue weighted by Crippen LogP contribution is 2.41. The number of nitrogens with zero attached hydrogens (tertiary/aromatic N) is 4. The minimum absolute atomic E-state index is 0.0765. The molecule has 38 heavy (non-hydrogen) atoms. The third-order valence-electron chi connectivity index (χ3n) is 7.02. The van der Waals surface area contributed by atoms with Crippen molar-refractivity contribution in [2.75, 3.05) is 36.4 Å². The lowest BCUT2D eigenvalue weighted by Gasteiger charge is -2.39. The topological polar surface area (TPSA) is 53.4 Å². The Labute approximate surface area is 229 Å². The van der Waals surface area contributed by atoms with E-state index in [2.05, 4.69) is 15.3 Å². The zero-order valence-corrected chi connectivity index (χ0v) is 21.8. The van der Waals surface area contributed by atoms with E-state index in [-0.39, 0.29) is 11.7 Å². The van der Waals surface area contributed by atoms with Crippen LogP contribution < -0.4 is 10.2 Å². The number of carbonyl (C=O) groups excluding carboxylic acids is 1. The second-order valence-electron chi connectivity index (χ2n) is 9.27. The molecule has 1 atom stereocenters. The van der Waals surface area contributed by atoms with Gasteiger partial charge in [-0.15, -0.1) is 0 Å². The number of rotatable bonds is 4. The van der Waals surface area contributed by atoms with Crippen molar-refractivity contribution >= 4 is 46.3 Å². The molecule has 1 fully saturated rings. The molecule has 0 spiro atoms. The first-order chi connectivity index (χ1) is 18.5. The van der Waals surface area contributed by atoms with Crippen LogP contribution in [0.2, 0.25) is 10.0 Å². The molecule has 9 heteroatoms. The van der Waals surface area contributed by atoms with E-state index in [1.165, 1.54) is 12.1 Å². The number of amides is 1. The molecular weight excluding hydrogens is 524 g/mol. The fourth-order valence-corrected chi connectivity index (χ4v) is 5.42. The number of hydrogen-bond acceptors (Lipinski definition) is 4. The molecule has 0 saturated carbocycles. The second-order valence-corrected chi connectivity index (χ2v) is 10.1. The van der Waals surface area contributed by atoms with Gasteiger partial charge in [-0.1, -0.05) is 59.6 Å². The summed E-state index contributed by atoms with van der Waals surface area (Å²) >= 11 is 12.7. The van der Waals surface area contributed by atoms with Gasteiger partial charge in [-0.3, -0.25) is 4.79 Å². The maximum Gasteiger partial charge on any atom is 0.254 e. The first kappa shape index (κ1) is 24.5. The number of hydrogen-bond donors (Lipinski definition) is 1. The van der Waals surface area contributed by atoms with Crippen molar-refractivity contribution in [3.05, 3.63) is 118 Å². The number of piperazine rings is 1. The van der Waals surface area contributed by atoms with Gasteiger partial charge in [0.05, 0.1) is 27.5 Å². The molecule has 1 unspecified atom stereocenters. The molecular formula is C29H24Cl2FN5O. The van der Waals surface area contributed by atoms with Crippen LogP contribution in [0.15, 0.2) is 90.6 Å². The van der Waals surface area contributed by atoms with Gasteiger partial charge in [0.25, 0.3) is 5.91 Å². The number of aromatic nitrogens is 2. The average molecular weight is 548 g/mol. The van der Waals surface area contributed by atoms with Crippen molar-refractivity contribution in [2.45, 2.75) is 6.04 Å². The Morgan fingerprint density at radius 2 is 1.63 bits per heavy atom. The average Bonchev–Trinajstić information content (AvgIpc) is 3.43. The van der Waals surface area contributed by atoms with Gasteiger partial charge in [0.2, 0.25) is 0 Å². The minimum Gasteiger partial charge on any atom is -0.368 e. The van der Waals surface area contributed by atoms with Crippen LogP contribution in [0, 0.1) is 5.82 Å². The van der Waals surface area contributed by atoms with Gasteiger partial charge < -0.3 is 15.1 Å².